The molecule has 0 fully saturated rings. The Kier molecular flexibility index (Phi) is 16.1. The molecule has 1 aliphatic heterocycles. The highest BCUT2D eigenvalue weighted by atomic mass is 31.2. The molecule has 0 aliphatic carbocycles. The summed E-state index contributed by atoms with van der Waals surface area (Å²) in [5, 5.41) is 0.268. The van der Waals surface area contributed by atoms with Crippen molar-refractivity contribution in [2.45, 2.75) is 0 Å². The summed E-state index contributed by atoms with van der Waals surface area (Å²) in [7, 11) is -2.67. The Balaban J connectivity index is 0.899. The average Bonchev–Trinajstić information content (AvgIpc) is 1.56. The van der Waals surface area contributed by atoms with Gasteiger partial charge in [-0.25, -0.2) is 34.2 Å². The highest BCUT2D eigenvalue weighted by Gasteiger charge is 2.52. The fourth-order valence-electron chi connectivity index (χ4n) is 11.8. The van der Waals surface area contributed by atoms with Crippen LogP contribution >= 0.6 is 7.44 Å². The first-order valence-electron chi connectivity index (χ1n) is 31.8. The summed E-state index contributed by atoms with van der Waals surface area (Å²) in [5.41, 5.74) is 7.83. The molecule has 11 aromatic carbocycles. The molecule has 1 amide bonds. The molecule has 0 spiro atoms. The lowest BCUT2D eigenvalue weighted by molar-refractivity contribution is 0.0998. The third kappa shape index (κ3) is 11.8. The molecule has 0 radical (unpaired) electrons. The zero-order valence-corrected chi connectivity index (χ0v) is 53.8. The van der Waals surface area contributed by atoms with Gasteiger partial charge >= 0.3 is 7.44 Å². The number of amides is 1. The second-order valence-corrected chi connectivity index (χ2v) is 25.4. The summed E-state index contributed by atoms with van der Waals surface area (Å²) >= 11 is 0. The van der Waals surface area contributed by atoms with Crippen LogP contribution in [0.25, 0.3) is 91.1 Å². The van der Waals surface area contributed by atoms with Crippen LogP contribution in [0.1, 0.15) is 10.4 Å². The van der Waals surface area contributed by atoms with E-state index in [1.807, 2.05) is 303 Å². The number of hydrogen-bond donors (Lipinski definition) is 0. The minimum Gasteiger partial charge on any atom is -0.311 e. The monoisotopic (exact) mass is 1300 g/mol. The number of carbonyl (C=O) groups is 1. The van der Waals surface area contributed by atoms with Crippen molar-refractivity contribution in [1.29, 1.82) is 0 Å². The van der Waals surface area contributed by atoms with Crippen LogP contribution in [0.5, 0.6) is 0 Å². The Labute approximate surface area is 569 Å². The minimum absolute atomic E-state index is 0.0103. The number of aromatic nitrogens is 12. The quantitative estimate of drug-likeness (QED) is 0.0826. The fraction of sp³-hybridized carbons (Fsp3) is 0.0125. The molecule has 15 aromatic rings. The third-order valence-corrected chi connectivity index (χ3v) is 19.5. The summed E-state index contributed by atoms with van der Waals surface area (Å²) in [6.07, 6.45) is 0. The minimum atomic E-state index is -4.52. The van der Waals surface area contributed by atoms with E-state index in [1.54, 1.807) is 33.6 Å². The first-order valence-corrected chi connectivity index (χ1v) is 33.5. The molecule has 0 saturated carbocycles. The van der Waals surface area contributed by atoms with Gasteiger partial charge in [-0.3, -0.25) is 9.36 Å². The van der Waals surface area contributed by atoms with E-state index in [4.69, 9.17) is 59.8 Å². The number of anilines is 8. The Hall–Kier alpha value is -13.4. The van der Waals surface area contributed by atoms with Crippen molar-refractivity contribution < 1.29 is 9.36 Å². The molecule has 4 aromatic heterocycles. The molecule has 0 bridgehead atoms. The van der Waals surface area contributed by atoms with Gasteiger partial charge in [-0.05, 0) is 48.5 Å². The molecule has 16 rings (SSSR count). The van der Waals surface area contributed by atoms with Crippen molar-refractivity contribution in [2.24, 2.45) is 0 Å². The van der Waals surface area contributed by atoms with Gasteiger partial charge in [0, 0.05) is 57.1 Å². The van der Waals surface area contributed by atoms with Gasteiger partial charge in [0.2, 0.25) is 23.8 Å². The van der Waals surface area contributed by atoms with E-state index in [2.05, 4.69) is 0 Å². The normalized spacial score (nSPS) is 12.2. The van der Waals surface area contributed by atoms with E-state index in [9.17, 15) is 0 Å². The van der Waals surface area contributed by atoms with Crippen molar-refractivity contribution in [2.75, 3.05) is 26.2 Å². The SMILES string of the molecule is CN(c1nc(-c2ccccc2)nc(-c2ccccc2)n1)c1ccccc1N(C(=O)c1ccc(P2(=O)N(c3nc(-c4ccccc4)nc(-c4ccccc4)n3)c3ccccc3N2c2nc(-c3ccccc3)nc(-c3ccccc3)n2)cc1)c1nc(-c2ccccc2)nc(-c2ccccc2)n1. The maximum atomic E-state index is 18.1. The summed E-state index contributed by atoms with van der Waals surface area (Å²) in [5.74, 6) is 2.85. The van der Waals surface area contributed by atoms with E-state index in [-0.39, 0.29) is 28.7 Å². The number of benzene rings is 11. The highest BCUT2D eigenvalue weighted by molar-refractivity contribution is 7.76. The smallest absolute Gasteiger partial charge is 0.306 e. The van der Waals surface area contributed by atoms with E-state index in [1.165, 1.54) is 4.90 Å². The number of rotatable bonds is 16. The van der Waals surface area contributed by atoms with Gasteiger partial charge in [0.1, 0.15) is 0 Å². The van der Waals surface area contributed by atoms with E-state index in [0.29, 0.717) is 109 Å². The van der Waals surface area contributed by atoms with Crippen LogP contribution in [-0.4, -0.2) is 72.8 Å². The Morgan fingerprint density at radius 2 is 0.535 bits per heavy atom. The van der Waals surface area contributed by atoms with Gasteiger partial charge in [0.25, 0.3) is 5.91 Å². The third-order valence-electron chi connectivity index (χ3n) is 16.6. The number of hydrogen-bond acceptors (Lipinski definition) is 15. The fourth-order valence-corrected chi connectivity index (χ4v) is 14.6. The summed E-state index contributed by atoms with van der Waals surface area (Å²) < 4.78 is 21.5. The molecule has 99 heavy (non-hydrogen) atoms. The molecule has 1 aliphatic rings. The zero-order chi connectivity index (χ0) is 66.7. The van der Waals surface area contributed by atoms with Crippen LogP contribution in [0, 0.1) is 0 Å². The molecular formula is C80H55N16O2P. The van der Waals surface area contributed by atoms with Gasteiger partial charge in [-0.1, -0.05) is 267 Å². The van der Waals surface area contributed by atoms with Crippen molar-refractivity contribution >= 4 is 65.2 Å². The van der Waals surface area contributed by atoms with Gasteiger partial charge in [0.15, 0.2) is 46.6 Å². The molecule has 0 atom stereocenters. The van der Waals surface area contributed by atoms with Gasteiger partial charge in [-0.15, -0.1) is 0 Å². The van der Waals surface area contributed by atoms with E-state index < -0.39 is 13.4 Å². The van der Waals surface area contributed by atoms with Crippen molar-refractivity contribution in [1.82, 2.24) is 59.8 Å². The number of carbonyl (C=O) groups excluding carboxylic acids is 1. The molecule has 0 saturated heterocycles. The Morgan fingerprint density at radius 3 is 0.838 bits per heavy atom. The summed E-state index contributed by atoms with van der Waals surface area (Å²) in [6.45, 7) is 0. The summed E-state index contributed by atoms with van der Waals surface area (Å²) in [4.78, 5) is 81.4. The predicted octanol–water partition coefficient (Wildman–Crippen LogP) is 17.3. The standard InChI is InChI=1S/C80H55N16O2P/c1-93(77-85-68(54-30-10-2-11-31-54)81-69(86-77)55-32-12-3-13-33-55)64-46-26-27-47-65(64)94(78-87-70(56-34-14-4-15-35-56)82-71(88-78)57-36-16-5-17-37-57)76(97)62-50-52-63(53-51-62)99(98)95(79-89-72(58-38-18-6-19-39-58)83-73(90-79)59-40-20-7-21-41-59)66-48-28-29-49-67(66)96(99)80-91-74(60-42-22-8-23-43-60)84-75(92-80)61-44-24-9-25-45-61/h2-53H,1H3. The number of nitrogens with zero attached hydrogens (tertiary/aromatic N) is 16. The number of fused-ring (bicyclic) bond motifs is 1. The lowest BCUT2D eigenvalue weighted by Crippen LogP contribution is -2.31. The Bertz CT molecular complexity index is 5080. The Morgan fingerprint density at radius 1 is 0.283 bits per heavy atom. The van der Waals surface area contributed by atoms with Crippen LogP contribution in [0.2, 0.25) is 0 Å². The lowest BCUT2D eigenvalue weighted by atomic mass is 10.1. The van der Waals surface area contributed by atoms with E-state index in [0.717, 1.165) is 11.1 Å². The van der Waals surface area contributed by atoms with Crippen LogP contribution in [-0.2, 0) is 4.57 Å². The molecule has 0 N–H and O–H groups in total. The van der Waals surface area contributed by atoms with Crippen LogP contribution < -0.4 is 24.4 Å². The van der Waals surface area contributed by atoms with Crippen molar-refractivity contribution in [3.63, 3.8) is 0 Å². The van der Waals surface area contributed by atoms with Gasteiger partial charge < -0.3 is 4.90 Å². The zero-order valence-electron chi connectivity index (χ0n) is 52.9. The second kappa shape index (κ2) is 26.4. The number of para-hydroxylation sites is 4. The first-order chi connectivity index (χ1) is 48.8. The largest absolute Gasteiger partial charge is 0.311 e. The van der Waals surface area contributed by atoms with Crippen LogP contribution in [0.4, 0.5) is 46.5 Å². The maximum absolute atomic E-state index is 18.1. The molecule has 5 heterocycles. The van der Waals surface area contributed by atoms with Crippen LogP contribution in [0.3, 0.4) is 0 Å². The molecule has 18 nitrogen and oxygen atoms in total. The average molecular weight is 1300 g/mol. The molecule has 472 valence electrons. The second-order valence-electron chi connectivity index (χ2n) is 23.0. The molecule has 0 unspecified atom stereocenters. The predicted molar refractivity (Wildman–Crippen MR) is 388 cm³/mol. The van der Waals surface area contributed by atoms with Crippen molar-refractivity contribution in [3.8, 4) is 91.1 Å². The molecular weight excluding hydrogens is 1250 g/mol. The highest BCUT2D eigenvalue weighted by Crippen LogP contribution is 2.69. The van der Waals surface area contributed by atoms with Crippen LogP contribution in [0.15, 0.2) is 315 Å². The summed E-state index contributed by atoms with van der Waals surface area (Å²) in [6, 6.07) is 98.6. The van der Waals surface area contributed by atoms with E-state index >= 15 is 9.36 Å². The van der Waals surface area contributed by atoms with Gasteiger partial charge in [0.05, 0.1) is 28.1 Å². The van der Waals surface area contributed by atoms with Crippen molar-refractivity contribution in [3.05, 3.63) is 321 Å². The lowest BCUT2D eigenvalue weighted by Gasteiger charge is -2.31. The first kappa shape index (κ1) is 60.5. The maximum Gasteiger partial charge on any atom is 0.306 e. The van der Waals surface area contributed by atoms with Gasteiger partial charge in [-0.2, -0.15) is 39.9 Å². The topological polar surface area (TPSA) is 202 Å². The molecule has 19 heteroatoms.